The topological polar surface area (TPSA) is 75.6 Å². The number of ether oxygens (including phenoxy) is 5. The summed E-state index contributed by atoms with van der Waals surface area (Å²) in [5.41, 5.74) is 3.90. The molecule has 0 saturated heterocycles. The van der Waals surface area contributed by atoms with Crippen LogP contribution in [0.5, 0.6) is 23.0 Å². The number of methoxy groups -OCH3 is 2. The molecule has 0 amide bonds. The van der Waals surface area contributed by atoms with Crippen LogP contribution in [-0.4, -0.2) is 39.3 Å². The number of nitrogens with zero attached hydrogens (tertiary/aromatic N) is 1. The van der Waals surface area contributed by atoms with Crippen LogP contribution in [0.4, 0.5) is 0 Å². The Morgan fingerprint density at radius 3 is 2.16 bits per heavy atom. The largest absolute Gasteiger partial charge is 0.493 e. The van der Waals surface area contributed by atoms with Crippen LogP contribution in [0, 0.1) is 6.92 Å². The second kappa shape index (κ2) is 11.9. The van der Waals surface area contributed by atoms with Crippen molar-refractivity contribution in [2.24, 2.45) is 4.99 Å². The summed E-state index contributed by atoms with van der Waals surface area (Å²) in [6, 6.07) is 18.8. The second-order valence-electron chi connectivity index (χ2n) is 8.29. The molecule has 0 fully saturated rings. The second-order valence-corrected chi connectivity index (χ2v) is 8.29. The van der Waals surface area contributed by atoms with Gasteiger partial charge in [-0.2, -0.15) is 0 Å². The van der Waals surface area contributed by atoms with Crippen LogP contribution in [-0.2, 0) is 16.0 Å². The van der Waals surface area contributed by atoms with Crippen molar-refractivity contribution in [3.63, 3.8) is 0 Å². The normalized spacial score (nSPS) is 13.6. The fourth-order valence-electron chi connectivity index (χ4n) is 3.71. The maximum absolute atomic E-state index is 12.4. The lowest BCUT2D eigenvalue weighted by Gasteiger charge is -2.14. The molecule has 1 aliphatic heterocycles. The summed E-state index contributed by atoms with van der Waals surface area (Å²) in [4.78, 5) is 16.7. The van der Waals surface area contributed by atoms with Gasteiger partial charge in [0.05, 0.1) is 14.2 Å². The molecule has 0 radical (unpaired) electrons. The van der Waals surface area contributed by atoms with Crippen molar-refractivity contribution in [1.82, 2.24) is 0 Å². The van der Waals surface area contributed by atoms with Gasteiger partial charge in [0, 0.05) is 5.56 Å². The number of esters is 1. The Labute approximate surface area is 216 Å². The number of hydrogen-bond acceptors (Lipinski definition) is 7. The number of cyclic esters (lactones) is 1. The first kappa shape index (κ1) is 25.6. The molecule has 0 spiro atoms. The van der Waals surface area contributed by atoms with E-state index in [-0.39, 0.29) is 11.6 Å². The quantitative estimate of drug-likeness (QED) is 0.149. The molecule has 0 bridgehead atoms. The van der Waals surface area contributed by atoms with Crippen LogP contribution in [0.3, 0.4) is 0 Å². The summed E-state index contributed by atoms with van der Waals surface area (Å²) >= 11 is 0. The van der Waals surface area contributed by atoms with Crippen molar-refractivity contribution in [3.8, 4) is 23.0 Å². The van der Waals surface area contributed by atoms with Gasteiger partial charge in [-0.25, -0.2) is 9.79 Å². The summed E-state index contributed by atoms with van der Waals surface area (Å²) in [5, 5.41) is 0. The minimum Gasteiger partial charge on any atom is -0.493 e. The Morgan fingerprint density at radius 2 is 1.51 bits per heavy atom. The van der Waals surface area contributed by atoms with Crippen molar-refractivity contribution < 1.29 is 28.5 Å². The van der Waals surface area contributed by atoms with Crippen LogP contribution in [0.2, 0.25) is 0 Å². The fraction of sp³-hybridized carbons (Fsp3) is 0.200. The maximum atomic E-state index is 12.4. The van der Waals surface area contributed by atoms with E-state index < -0.39 is 5.97 Å². The van der Waals surface area contributed by atoms with Gasteiger partial charge >= 0.3 is 5.97 Å². The van der Waals surface area contributed by atoms with E-state index in [1.54, 1.807) is 32.4 Å². The molecule has 4 rings (SSSR count). The lowest BCUT2D eigenvalue weighted by atomic mass is 10.1. The molecule has 7 nitrogen and oxygen atoms in total. The monoisotopic (exact) mass is 499 g/mol. The number of aliphatic imine (C=N–C) groups is 1. The summed E-state index contributed by atoms with van der Waals surface area (Å²) in [5.74, 6) is 2.17. The van der Waals surface area contributed by atoms with E-state index in [2.05, 4.69) is 11.6 Å². The van der Waals surface area contributed by atoms with Crippen LogP contribution in [0.25, 0.3) is 6.08 Å². The predicted octanol–water partition coefficient (Wildman–Crippen LogP) is 5.54. The first-order chi connectivity index (χ1) is 18.0. The summed E-state index contributed by atoms with van der Waals surface area (Å²) in [6.45, 7) is 6.36. The fourth-order valence-corrected chi connectivity index (χ4v) is 3.71. The van der Waals surface area contributed by atoms with Crippen molar-refractivity contribution in [1.29, 1.82) is 0 Å². The van der Waals surface area contributed by atoms with E-state index in [4.69, 9.17) is 23.7 Å². The molecule has 0 aliphatic carbocycles. The molecule has 0 atom stereocenters. The number of aryl methyl sites for hydroxylation is 1. The molecular formula is C30H29NO6. The summed E-state index contributed by atoms with van der Waals surface area (Å²) in [7, 11) is 3.17. The molecule has 1 aliphatic rings. The minimum atomic E-state index is -0.500. The Balaban J connectivity index is 1.39. The molecular weight excluding hydrogens is 470 g/mol. The SMILES string of the molecule is C=CCc1ccc(OCCOc2ccc(/C=C3/N=C(c4ccc(C)cc4)OC3=O)cc2OC)c(OC)c1. The first-order valence-electron chi connectivity index (χ1n) is 11.8. The summed E-state index contributed by atoms with van der Waals surface area (Å²) in [6.07, 6.45) is 4.25. The first-order valence-corrected chi connectivity index (χ1v) is 11.8. The van der Waals surface area contributed by atoms with E-state index in [0.717, 1.165) is 28.7 Å². The van der Waals surface area contributed by atoms with Gasteiger partial charge in [-0.3, -0.25) is 0 Å². The van der Waals surface area contributed by atoms with Crippen molar-refractivity contribution in [2.75, 3.05) is 27.4 Å². The zero-order valence-electron chi connectivity index (χ0n) is 21.2. The van der Waals surface area contributed by atoms with Gasteiger partial charge < -0.3 is 23.7 Å². The van der Waals surface area contributed by atoms with Crippen LogP contribution < -0.4 is 18.9 Å². The zero-order valence-corrected chi connectivity index (χ0v) is 21.2. The maximum Gasteiger partial charge on any atom is 0.363 e. The Kier molecular flexibility index (Phi) is 8.26. The van der Waals surface area contributed by atoms with Crippen LogP contribution in [0.1, 0.15) is 22.3 Å². The van der Waals surface area contributed by atoms with Crippen molar-refractivity contribution >= 4 is 17.9 Å². The molecule has 1 heterocycles. The van der Waals surface area contributed by atoms with Gasteiger partial charge in [0.15, 0.2) is 28.7 Å². The Bertz CT molecular complexity index is 1340. The molecule has 190 valence electrons. The lowest BCUT2D eigenvalue weighted by Crippen LogP contribution is -2.10. The van der Waals surface area contributed by atoms with Gasteiger partial charge in [-0.15, -0.1) is 6.58 Å². The molecule has 0 aromatic heterocycles. The van der Waals surface area contributed by atoms with Gasteiger partial charge in [0.2, 0.25) is 5.90 Å². The number of carbonyl (C=O) groups excluding carboxylic acids is 1. The zero-order chi connectivity index (χ0) is 26.2. The highest BCUT2D eigenvalue weighted by Crippen LogP contribution is 2.31. The molecule has 0 N–H and O–H groups in total. The highest BCUT2D eigenvalue weighted by atomic mass is 16.6. The van der Waals surface area contributed by atoms with Crippen LogP contribution in [0.15, 0.2) is 84.0 Å². The van der Waals surface area contributed by atoms with Gasteiger partial charge in [0.1, 0.15) is 13.2 Å². The molecule has 3 aromatic rings. The molecule has 0 saturated carbocycles. The third kappa shape index (κ3) is 6.38. The average molecular weight is 500 g/mol. The minimum absolute atomic E-state index is 0.216. The molecule has 7 heteroatoms. The molecule has 0 unspecified atom stereocenters. The Morgan fingerprint density at radius 1 is 0.865 bits per heavy atom. The third-order valence-corrected chi connectivity index (χ3v) is 5.62. The summed E-state index contributed by atoms with van der Waals surface area (Å²) < 4.78 is 28.0. The number of carbonyl (C=O) groups is 1. The average Bonchev–Trinajstić information content (AvgIpc) is 3.27. The van der Waals surface area contributed by atoms with E-state index in [1.807, 2.05) is 61.5 Å². The highest BCUT2D eigenvalue weighted by molar-refractivity contribution is 6.12. The Hall–Kier alpha value is -4.52. The number of benzene rings is 3. The molecule has 37 heavy (non-hydrogen) atoms. The number of hydrogen-bond donors (Lipinski definition) is 0. The van der Waals surface area contributed by atoms with Gasteiger partial charge in [-0.05, 0) is 66.9 Å². The van der Waals surface area contributed by atoms with Crippen LogP contribution >= 0.6 is 0 Å². The van der Waals surface area contributed by atoms with E-state index in [9.17, 15) is 4.79 Å². The third-order valence-electron chi connectivity index (χ3n) is 5.62. The smallest absolute Gasteiger partial charge is 0.363 e. The van der Waals surface area contributed by atoms with E-state index in [1.165, 1.54) is 0 Å². The molecule has 3 aromatic carbocycles. The number of rotatable bonds is 11. The van der Waals surface area contributed by atoms with Crippen molar-refractivity contribution in [3.05, 3.63) is 101 Å². The van der Waals surface area contributed by atoms with E-state index in [0.29, 0.717) is 36.2 Å². The van der Waals surface area contributed by atoms with E-state index >= 15 is 0 Å². The standard InChI is InChI=1S/C30H29NO6/c1-5-6-21-9-13-25(27(18-21)33-3)35-15-16-36-26-14-10-22(19-28(26)34-4)17-24-30(32)37-29(31-24)23-11-7-20(2)8-12-23/h5,7-14,17-19H,1,6,15-16H2,2-4H3/b24-17+. The number of allylic oxidation sites excluding steroid dienone is 1. The highest BCUT2D eigenvalue weighted by Gasteiger charge is 2.24. The lowest BCUT2D eigenvalue weighted by molar-refractivity contribution is -0.129. The van der Waals surface area contributed by atoms with Gasteiger partial charge in [0.25, 0.3) is 0 Å². The predicted molar refractivity (Wildman–Crippen MR) is 143 cm³/mol. The van der Waals surface area contributed by atoms with Crippen molar-refractivity contribution in [2.45, 2.75) is 13.3 Å². The van der Waals surface area contributed by atoms with Gasteiger partial charge in [-0.1, -0.05) is 35.9 Å².